The van der Waals surface area contributed by atoms with Gasteiger partial charge < -0.3 is 20.1 Å². The number of esters is 1. The van der Waals surface area contributed by atoms with Crippen LogP contribution in [-0.2, 0) is 9.53 Å². The lowest BCUT2D eigenvalue weighted by Crippen LogP contribution is -2.28. The van der Waals surface area contributed by atoms with E-state index in [1.165, 1.54) is 6.20 Å². The Morgan fingerprint density at radius 1 is 0.838 bits per heavy atom. The molecular weight excluding hydrogens is 470 g/mol. The summed E-state index contributed by atoms with van der Waals surface area (Å²) in [4.78, 5) is 42.2. The number of carbonyl (C=O) groups excluding carboxylic acids is 3. The van der Waals surface area contributed by atoms with Crippen molar-refractivity contribution in [1.29, 1.82) is 0 Å². The molecule has 0 aliphatic rings. The van der Waals surface area contributed by atoms with Crippen molar-refractivity contribution in [3.63, 3.8) is 0 Å². The summed E-state index contributed by atoms with van der Waals surface area (Å²) in [6.07, 6.45) is 3.13. The van der Waals surface area contributed by atoms with Gasteiger partial charge in [-0.25, -0.2) is 4.79 Å². The van der Waals surface area contributed by atoms with Crippen molar-refractivity contribution in [2.45, 2.75) is 13.0 Å². The summed E-state index contributed by atoms with van der Waals surface area (Å²) in [6.45, 7) is 1.33. The predicted molar refractivity (Wildman–Crippen MR) is 138 cm³/mol. The van der Waals surface area contributed by atoms with Crippen LogP contribution in [0.3, 0.4) is 0 Å². The Balaban J connectivity index is 1.37. The summed E-state index contributed by atoms with van der Waals surface area (Å²) in [5.41, 5.74) is 1.72. The summed E-state index contributed by atoms with van der Waals surface area (Å²) in [7, 11) is 0. The topological polar surface area (TPSA) is 107 Å². The van der Waals surface area contributed by atoms with Gasteiger partial charge in [0.15, 0.2) is 6.61 Å². The lowest BCUT2D eigenvalue weighted by Gasteiger charge is -2.16. The Labute approximate surface area is 214 Å². The first-order valence-electron chi connectivity index (χ1n) is 11.6. The Kier molecular flexibility index (Phi) is 8.23. The zero-order chi connectivity index (χ0) is 26.0. The van der Waals surface area contributed by atoms with Crippen LogP contribution in [0.15, 0.2) is 103 Å². The van der Waals surface area contributed by atoms with Crippen LogP contribution in [0.5, 0.6) is 11.5 Å². The minimum atomic E-state index is -0.725. The van der Waals surface area contributed by atoms with Crippen molar-refractivity contribution in [3.8, 4) is 11.5 Å². The third-order valence-electron chi connectivity index (χ3n) is 5.40. The van der Waals surface area contributed by atoms with Gasteiger partial charge in [-0.15, -0.1) is 0 Å². The molecule has 2 N–H and O–H groups in total. The highest BCUT2D eigenvalue weighted by molar-refractivity contribution is 6.04. The standard InChI is InChI=1S/C29H25N3O5/c1-20(21-10-3-2-4-11-21)31-28(34)23-13-5-7-15-25(23)32-27(33)19-36-29(35)24-14-6-8-16-26(24)37-22-12-9-17-30-18-22/h2-18,20H,19H2,1H3,(H,31,34)(H,32,33). The Bertz CT molecular complexity index is 1380. The SMILES string of the molecule is CC(NC(=O)c1ccccc1NC(=O)COC(=O)c1ccccc1Oc1cccnc1)c1ccccc1. The van der Waals surface area contributed by atoms with Crippen LogP contribution in [0.2, 0.25) is 0 Å². The van der Waals surface area contributed by atoms with Gasteiger partial charge in [0, 0.05) is 6.20 Å². The highest BCUT2D eigenvalue weighted by Gasteiger charge is 2.18. The fourth-order valence-corrected chi connectivity index (χ4v) is 3.54. The van der Waals surface area contributed by atoms with Gasteiger partial charge in [-0.3, -0.25) is 14.6 Å². The summed E-state index contributed by atoms with van der Waals surface area (Å²) in [6, 6.07) is 25.9. The highest BCUT2D eigenvalue weighted by Crippen LogP contribution is 2.25. The predicted octanol–water partition coefficient (Wildman–Crippen LogP) is 5.16. The Morgan fingerprint density at radius 3 is 2.30 bits per heavy atom. The third-order valence-corrected chi connectivity index (χ3v) is 5.40. The van der Waals surface area contributed by atoms with Crippen LogP contribution >= 0.6 is 0 Å². The molecule has 1 unspecified atom stereocenters. The fourth-order valence-electron chi connectivity index (χ4n) is 3.54. The number of pyridine rings is 1. The molecule has 0 aliphatic carbocycles. The van der Waals surface area contributed by atoms with Crippen LogP contribution < -0.4 is 15.4 Å². The summed E-state index contributed by atoms with van der Waals surface area (Å²) in [5, 5.41) is 5.58. The molecule has 0 saturated carbocycles. The number of amides is 2. The first-order valence-corrected chi connectivity index (χ1v) is 11.6. The van der Waals surface area contributed by atoms with E-state index < -0.39 is 18.5 Å². The van der Waals surface area contributed by atoms with Gasteiger partial charge in [-0.1, -0.05) is 54.6 Å². The normalized spacial score (nSPS) is 11.2. The lowest BCUT2D eigenvalue weighted by atomic mass is 10.1. The average molecular weight is 496 g/mol. The smallest absolute Gasteiger partial charge is 0.342 e. The van der Waals surface area contributed by atoms with Crippen LogP contribution in [0.4, 0.5) is 5.69 Å². The molecule has 8 heteroatoms. The summed E-state index contributed by atoms with van der Waals surface area (Å²) < 4.78 is 10.9. The lowest BCUT2D eigenvalue weighted by molar-refractivity contribution is -0.119. The van der Waals surface area contributed by atoms with Crippen molar-refractivity contribution < 1.29 is 23.9 Å². The van der Waals surface area contributed by atoms with Gasteiger partial charge >= 0.3 is 5.97 Å². The molecule has 2 amide bonds. The molecule has 0 spiro atoms. The molecule has 0 bridgehead atoms. The second-order valence-electron chi connectivity index (χ2n) is 8.06. The quantitative estimate of drug-likeness (QED) is 0.311. The van der Waals surface area contributed by atoms with E-state index in [9.17, 15) is 14.4 Å². The number of nitrogens with one attached hydrogen (secondary N) is 2. The molecule has 4 rings (SSSR count). The Hall–Kier alpha value is -4.98. The molecule has 8 nitrogen and oxygen atoms in total. The molecule has 37 heavy (non-hydrogen) atoms. The molecule has 1 atom stereocenters. The maximum atomic E-state index is 12.9. The van der Waals surface area contributed by atoms with Gasteiger partial charge in [0.1, 0.15) is 17.1 Å². The minimum absolute atomic E-state index is 0.161. The average Bonchev–Trinajstić information content (AvgIpc) is 2.93. The van der Waals surface area contributed by atoms with Crippen molar-refractivity contribution >= 4 is 23.5 Å². The molecule has 1 aromatic heterocycles. The number of hydrogen-bond donors (Lipinski definition) is 2. The van der Waals surface area contributed by atoms with E-state index in [1.807, 2.05) is 37.3 Å². The zero-order valence-corrected chi connectivity index (χ0v) is 20.1. The second kappa shape index (κ2) is 12.1. The van der Waals surface area contributed by atoms with E-state index in [-0.39, 0.29) is 23.3 Å². The monoisotopic (exact) mass is 495 g/mol. The third kappa shape index (κ3) is 6.79. The van der Waals surface area contributed by atoms with Gasteiger partial charge in [-0.2, -0.15) is 0 Å². The number of rotatable bonds is 9. The molecule has 1 heterocycles. The second-order valence-corrected chi connectivity index (χ2v) is 8.06. The van der Waals surface area contributed by atoms with Crippen LogP contribution in [-0.4, -0.2) is 29.4 Å². The summed E-state index contributed by atoms with van der Waals surface area (Å²) in [5.74, 6) is -0.925. The van der Waals surface area contributed by atoms with Crippen molar-refractivity contribution in [2.24, 2.45) is 0 Å². The van der Waals surface area contributed by atoms with E-state index in [0.29, 0.717) is 17.0 Å². The van der Waals surface area contributed by atoms with E-state index >= 15 is 0 Å². The largest absolute Gasteiger partial charge is 0.455 e. The fraction of sp³-hybridized carbons (Fsp3) is 0.103. The molecular formula is C29H25N3O5. The van der Waals surface area contributed by atoms with E-state index in [2.05, 4.69) is 15.6 Å². The number of nitrogens with zero attached hydrogens (tertiary/aromatic N) is 1. The molecule has 186 valence electrons. The summed E-state index contributed by atoms with van der Waals surface area (Å²) >= 11 is 0. The van der Waals surface area contributed by atoms with E-state index in [0.717, 1.165) is 5.56 Å². The molecule has 0 fully saturated rings. The van der Waals surface area contributed by atoms with Crippen molar-refractivity contribution in [3.05, 3.63) is 120 Å². The van der Waals surface area contributed by atoms with Crippen LogP contribution in [0.1, 0.15) is 39.2 Å². The number of aromatic nitrogens is 1. The molecule has 0 aliphatic heterocycles. The van der Waals surface area contributed by atoms with E-state index in [4.69, 9.17) is 9.47 Å². The number of carbonyl (C=O) groups is 3. The number of para-hydroxylation sites is 2. The van der Waals surface area contributed by atoms with Gasteiger partial charge in [0.05, 0.1) is 23.5 Å². The zero-order valence-electron chi connectivity index (χ0n) is 20.1. The minimum Gasteiger partial charge on any atom is -0.455 e. The number of hydrogen-bond acceptors (Lipinski definition) is 6. The number of benzene rings is 3. The van der Waals surface area contributed by atoms with Crippen LogP contribution in [0, 0.1) is 0 Å². The number of ether oxygens (including phenoxy) is 2. The van der Waals surface area contributed by atoms with Crippen molar-refractivity contribution in [1.82, 2.24) is 10.3 Å². The number of anilines is 1. The molecule has 0 saturated heterocycles. The maximum Gasteiger partial charge on any atom is 0.342 e. The first kappa shape index (κ1) is 25.1. The van der Waals surface area contributed by atoms with Gasteiger partial charge in [0.2, 0.25) is 0 Å². The molecule has 0 radical (unpaired) electrons. The molecule has 3 aromatic carbocycles. The molecule has 4 aromatic rings. The van der Waals surface area contributed by atoms with Gasteiger partial charge in [-0.05, 0) is 48.9 Å². The van der Waals surface area contributed by atoms with E-state index in [1.54, 1.807) is 66.9 Å². The Morgan fingerprint density at radius 2 is 1.54 bits per heavy atom. The van der Waals surface area contributed by atoms with Crippen LogP contribution in [0.25, 0.3) is 0 Å². The highest BCUT2D eigenvalue weighted by atomic mass is 16.5. The van der Waals surface area contributed by atoms with Crippen molar-refractivity contribution in [2.75, 3.05) is 11.9 Å². The van der Waals surface area contributed by atoms with Gasteiger partial charge in [0.25, 0.3) is 11.8 Å². The maximum absolute atomic E-state index is 12.9. The first-order chi connectivity index (χ1) is 18.0.